The normalized spacial score (nSPS) is 12.1. The Balaban J connectivity index is 1.02. The van der Waals surface area contributed by atoms with E-state index in [4.69, 9.17) is 28.2 Å². The van der Waals surface area contributed by atoms with Crippen LogP contribution in [0.4, 0.5) is 0 Å². The summed E-state index contributed by atoms with van der Waals surface area (Å²) in [5.74, 6) is 1.61. The maximum Gasteiger partial charge on any atom is 0.164 e. The molecule has 0 saturated carbocycles. The van der Waals surface area contributed by atoms with Crippen molar-refractivity contribution in [3.8, 4) is 51.0 Å². The van der Waals surface area contributed by atoms with E-state index in [-0.39, 0.29) is 0 Å². The maximum atomic E-state index is 6.79. The number of hydrogen-bond donors (Lipinski definition) is 0. The van der Waals surface area contributed by atoms with Gasteiger partial charge in [0, 0.05) is 71.0 Å². The molecule has 5 heterocycles. The first-order valence-corrected chi connectivity index (χ1v) is 22.7. The zero-order valence-corrected chi connectivity index (χ0v) is 36.1. The minimum Gasteiger partial charge on any atom is -0.456 e. The molecule has 0 aliphatic rings. The van der Waals surface area contributed by atoms with Crippen molar-refractivity contribution in [1.82, 2.24) is 19.5 Å². The number of benzene rings is 10. The molecule has 5 aromatic heterocycles. The molecule has 0 fully saturated rings. The van der Waals surface area contributed by atoms with Crippen LogP contribution in [0.3, 0.4) is 0 Å². The number of nitrogens with zero attached hydrogens (tertiary/aromatic N) is 4. The minimum absolute atomic E-state index is 0.530. The van der Waals surface area contributed by atoms with Crippen molar-refractivity contribution in [2.45, 2.75) is 0 Å². The molecule has 15 aromatic rings. The highest BCUT2D eigenvalue weighted by molar-refractivity contribution is 6.15. The molecule has 0 atom stereocenters. The minimum atomic E-state index is 0.530. The fourth-order valence-corrected chi connectivity index (χ4v) is 10.5. The van der Waals surface area contributed by atoms with E-state index in [9.17, 15) is 0 Å². The Labute approximate surface area is 386 Å². The Bertz CT molecular complexity index is 4460. The molecular formula is C61H34N4O3. The Hall–Kier alpha value is -9.33. The van der Waals surface area contributed by atoms with Crippen LogP contribution in [0.25, 0.3) is 149 Å². The van der Waals surface area contributed by atoms with Gasteiger partial charge in [0.1, 0.15) is 33.5 Å². The molecule has 0 spiro atoms. The summed E-state index contributed by atoms with van der Waals surface area (Å²) in [5, 5.41) is 10.9. The summed E-state index contributed by atoms with van der Waals surface area (Å²) in [5.41, 5.74) is 12.5. The molecule has 0 aliphatic carbocycles. The number of fused-ring (bicyclic) bond motifs is 13. The molecule has 0 radical (unpaired) electrons. The number of para-hydroxylation sites is 5. The largest absolute Gasteiger partial charge is 0.456 e. The van der Waals surface area contributed by atoms with Crippen molar-refractivity contribution in [3.63, 3.8) is 0 Å². The Morgan fingerprint density at radius 2 is 0.824 bits per heavy atom. The van der Waals surface area contributed by atoms with Crippen LogP contribution in [0, 0.1) is 0 Å². The molecule has 316 valence electrons. The van der Waals surface area contributed by atoms with Gasteiger partial charge in [0.25, 0.3) is 0 Å². The van der Waals surface area contributed by atoms with E-state index in [0.29, 0.717) is 17.5 Å². The van der Waals surface area contributed by atoms with Crippen LogP contribution in [0.15, 0.2) is 220 Å². The van der Waals surface area contributed by atoms with E-state index in [1.165, 1.54) is 21.5 Å². The lowest BCUT2D eigenvalue weighted by molar-refractivity contribution is 0.668. The summed E-state index contributed by atoms with van der Waals surface area (Å²) in [6.45, 7) is 0. The monoisotopic (exact) mass is 870 g/mol. The van der Waals surface area contributed by atoms with Gasteiger partial charge in [-0.3, -0.25) is 0 Å². The van der Waals surface area contributed by atoms with Crippen LogP contribution in [0.5, 0.6) is 0 Å². The van der Waals surface area contributed by atoms with Crippen molar-refractivity contribution in [1.29, 1.82) is 0 Å². The van der Waals surface area contributed by atoms with Crippen LogP contribution in [-0.4, -0.2) is 19.5 Å². The van der Waals surface area contributed by atoms with Gasteiger partial charge in [-0.05, 0) is 107 Å². The molecule has 0 N–H and O–H groups in total. The van der Waals surface area contributed by atoms with Crippen LogP contribution in [0.1, 0.15) is 0 Å². The maximum absolute atomic E-state index is 6.79. The number of hydrogen-bond acceptors (Lipinski definition) is 6. The molecule has 7 nitrogen and oxygen atoms in total. The van der Waals surface area contributed by atoms with Crippen molar-refractivity contribution in [2.24, 2.45) is 0 Å². The molecule has 0 saturated heterocycles. The summed E-state index contributed by atoms with van der Waals surface area (Å²) in [4.78, 5) is 16.1. The summed E-state index contributed by atoms with van der Waals surface area (Å²) >= 11 is 0. The van der Waals surface area contributed by atoms with Gasteiger partial charge in [-0.1, -0.05) is 115 Å². The molecule has 68 heavy (non-hydrogen) atoms. The van der Waals surface area contributed by atoms with E-state index in [0.717, 1.165) is 110 Å². The lowest BCUT2D eigenvalue weighted by Crippen LogP contribution is -2.02. The molecule has 0 unspecified atom stereocenters. The van der Waals surface area contributed by atoms with Crippen molar-refractivity contribution in [3.05, 3.63) is 206 Å². The lowest BCUT2D eigenvalue weighted by atomic mass is 9.96. The van der Waals surface area contributed by atoms with Gasteiger partial charge in [0.15, 0.2) is 17.5 Å². The molecule has 7 heteroatoms. The molecule has 10 aromatic carbocycles. The third-order valence-corrected chi connectivity index (χ3v) is 13.6. The van der Waals surface area contributed by atoms with Crippen molar-refractivity contribution < 1.29 is 13.3 Å². The van der Waals surface area contributed by atoms with Crippen LogP contribution >= 0.6 is 0 Å². The highest BCUT2D eigenvalue weighted by Gasteiger charge is 2.23. The lowest BCUT2D eigenvalue weighted by Gasteiger charge is -2.16. The summed E-state index contributed by atoms with van der Waals surface area (Å²) in [7, 11) is 0. The first-order valence-electron chi connectivity index (χ1n) is 22.7. The van der Waals surface area contributed by atoms with E-state index in [2.05, 4.69) is 138 Å². The molecule has 0 aliphatic heterocycles. The summed E-state index contributed by atoms with van der Waals surface area (Å²) < 4.78 is 21.7. The van der Waals surface area contributed by atoms with Gasteiger partial charge >= 0.3 is 0 Å². The molecular weight excluding hydrogens is 837 g/mol. The first kappa shape index (κ1) is 36.9. The number of furan rings is 3. The topological polar surface area (TPSA) is 83.0 Å². The van der Waals surface area contributed by atoms with Gasteiger partial charge in [-0.25, -0.2) is 15.0 Å². The quantitative estimate of drug-likeness (QED) is 0.171. The van der Waals surface area contributed by atoms with Crippen LogP contribution in [-0.2, 0) is 0 Å². The average molecular weight is 871 g/mol. The van der Waals surface area contributed by atoms with E-state index in [1.54, 1.807) is 0 Å². The van der Waals surface area contributed by atoms with E-state index >= 15 is 0 Å². The zero-order chi connectivity index (χ0) is 44.5. The molecule has 15 rings (SSSR count). The SMILES string of the molecule is c1ccc2cc3c(cc2c1)c1ccccc1n3-c1ccc(-c2nc(-c3ccc4oc5ccccc5c4c3)nc(-c3ccc4oc5ccccc5c4c3)n2)c(-c2cccc3c2oc2ccccc23)c1. The van der Waals surface area contributed by atoms with Crippen molar-refractivity contribution >= 4 is 98.4 Å². The fourth-order valence-electron chi connectivity index (χ4n) is 10.5. The predicted molar refractivity (Wildman–Crippen MR) is 275 cm³/mol. The Morgan fingerprint density at radius 1 is 0.294 bits per heavy atom. The third-order valence-electron chi connectivity index (χ3n) is 13.6. The third kappa shape index (κ3) is 5.50. The molecule has 0 amide bonds. The first-order chi connectivity index (χ1) is 33.7. The fraction of sp³-hybridized carbons (Fsp3) is 0. The smallest absolute Gasteiger partial charge is 0.164 e. The van der Waals surface area contributed by atoms with Crippen LogP contribution < -0.4 is 0 Å². The second kappa shape index (κ2) is 14.1. The van der Waals surface area contributed by atoms with E-state index < -0.39 is 0 Å². The standard InChI is InChI=1S/C61H34N4O3/c1-2-13-36-33-52-48(30-35(36)12-1)40-14-3-7-20-51(40)65(52)39-26-27-46(47(34-39)45-19-11-18-44-41-15-4-10-23-55(41)68-58(44)45)61-63-59(37-24-28-56-49(31-37)42-16-5-8-21-53(42)66-56)62-60(64-61)38-25-29-57-50(32-38)43-17-6-9-22-54(43)67-57/h1-34H. The molecule has 0 bridgehead atoms. The van der Waals surface area contributed by atoms with Gasteiger partial charge in [0.2, 0.25) is 0 Å². The van der Waals surface area contributed by atoms with E-state index in [1.807, 2.05) is 72.8 Å². The number of rotatable bonds is 5. The Morgan fingerprint density at radius 3 is 1.50 bits per heavy atom. The average Bonchev–Trinajstić information content (AvgIpc) is 4.16. The van der Waals surface area contributed by atoms with Gasteiger partial charge < -0.3 is 17.8 Å². The van der Waals surface area contributed by atoms with Gasteiger partial charge in [-0.2, -0.15) is 0 Å². The second-order valence-electron chi connectivity index (χ2n) is 17.5. The Kier molecular flexibility index (Phi) is 7.65. The highest BCUT2D eigenvalue weighted by Crippen LogP contribution is 2.43. The van der Waals surface area contributed by atoms with Crippen molar-refractivity contribution in [2.75, 3.05) is 0 Å². The van der Waals surface area contributed by atoms with Crippen LogP contribution in [0.2, 0.25) is 0 Å². The summed E-state index contributed by atoms with van der Waals surface area (Å²) in [6, 6.07) is 71.7. The zero-order valence-electron chi connectivity index (χ0n) is 36.1. The highest BCUT2D eigenvalue weighted by atomic mass is 16.3. The number of aromatic nitrogens is 4. The summed E-state index contributed by atoms with van der Waals surface area (Å²) in [6.07, 6.45) is 0. The second-order valence-corrected chi connectivity index (χ2v) is 17.5. The van der Waals surface area contributed by atoms with Gasteiger partial charge in [-0.15, -0.1) is 0 Å². The predicted octanol–water partition coefficient (Wildman–Crippen LogP) is 16.5. The van der Waals surface area contributed by atoms with Gasteiger partial charge in [0.05, 0.1) is 11.0 Å².